The van der Waals surface area contributed by atoms with Gasteiger partial charge in [-0.15, -0.1) is 0 Å². The van der Waals surface area contributed by atoms with E-state index in [0.717, 1.165) is 17.3 Å². The third-order valence-electron chi connectivity index (χ3n) is 4.09. The monoisotopic (exact) mass is 152 g/mol. The van der Waals surface area contributed by atoms with Crippen LogP contribution in [0.15, 0.2) is 0 Å². The molecular formula is C11H20. The Kier molecular flexibility index (Phi) is 1.74. The van der Waals surface area contributed by atoms with Crippen molar-refractivity contribution in [1.82, 2.24) is 0 Å². The van der Waals surface area contributed by atoms with Crippen LogP contribution in [0.5, 0.6) is 0 Å². The number of fused-ring (bicyclic) bond motifs is 1. The maximum absolute atomic E-state index is 2.51. The van der Waals surface area contributed by atoms with Gasteiger partial charge >= 0.3 is 0 Å². The number of hydrogen-bond acceptors (Lipinski definition) is 0. The van der Waals surface area contributed by atoms with E-state index in [4.69, 9.17) is 0 Å². The molecule has 0 aromatic carbocycles. The fraction of sp³-hybridized carbons (Fsp3) is 1.00. The van der Waals surface area contributed by atoms with Crippen LogP contribution in [0.4, 0.5) is 0 Å². The molecule has 0 heterocycles. The first-order valence-electron chi connectivity index (χ1n) is 5.26. The quantitative estimate of drug-likeness (QED) is 0.538. The van der Waals surface area contributed by atoms with Crippen molar-refractivity contribution in [2.75, 3.05) is 0 Å². The van der Waals surface area contributed by atoms with E-state index in [-0.39, 0.29) is 0 Å². The average molecular weight is 152 g/mol. The molecule has 3 atom stereocenters. The summed E-state index contributed by atoms with van der Waals surface area (Å²) in [6.45, 7) is 4.88. The van der Waals surface area contributed by atoms with Crippen LogP contribution < -0.4 is 0 Å². The normalized spacial score (nSPS) is 49.6. The number of hydrogen-bond donors (Lipinski definition) is 0. The Morgan fingerprint density at radius 1 is 1.36 bits per heavy atom. The van der Waals surface area contributed by atoms with Crippen molar-refractivity contribution in [3.63, 3.8) is 0 Å². The van der Waals surface area contributed by atoms with Gasteiger partial charge in [-0.2, -0.15) is 0 Å². The highest BCUT2D eigenvalue weighted by Crippen LogP contribution is 2.62. The van der Waals surface area contributed by atoms with Gasteiger partial charge < -0.3 is 0 Å². The van der Waals surface area contributed by atoms with Gasteiger partial charge in [0, 0.05) is 0 Å². The van der Waals surface area contributed by atoms with E-state index in [1.807, 2.05) is 0 Å². The van der Waals surface area contributed by atoms with Crippen LogP contribution in [0.1, 0.15) is 52.4 Å². The van der Waals surface area contributed by atoms with Gasteiger partial charge in [0.2, 0.25) is 0 Å². The minimum absolute atomic E-state index is 0.803. The predicted octanol–water partition coefficient (Wildman–Crippen LogP) is 3.61. The summed E-state index contributed by atoms with van der Waals surface area (Å²) < 4.78 is 0. The third-order valence-corrected chi connectivity index (χ3v) is 4.09. The van der Waals surface area contributed by atoms with Crippen molar-refractivity contribution < 1.29 is 0 Å². The summed E-state index contributed by atoms with van der Waals surface area (Å²) in [7, 11) is 0. The van der Waals surface area contributed by atoms with Gasteiger partial charge in [0.25, 0.3) is 0 Å². The first kappa shape index (κ1) is 7.64. The molecule has 0 bridgehead atoms. The van der Waals surface area contributed by atoms with Crippen LogP contribution >= 0.6 is 0 Å². The largest absolute Gasteiger partial charge is 0.0651 e. The molecule has 2 rings (SSSR count). The molecule has 11 heavy (non-hydrogen) atoms. The lowest BCUT2D eigenvalue weighted by Gasteiger charge is -2.13. The van der Waals surface area contributed by atoms with E-state index < -0.39 is 0 Å². The lowest BCUT2D eigenvalue weighted by molar-refractivity contribution is 0.371. The van der Waals surface area contributed by atoms with E-state index in [1.54, 1.807) is 6.42 Å². The van der Waals surface area contributed by atoms with Crippen molar-refractivity contribution >= 4 is 0 Å². The molecular weight excluding hydrogens is 132 g/mol. The van der Waals surface area contributed by atoms with Crippen molar-refractivity contribution in [1.29, 1.82) is 0 Å². The molecule has 0 amide bonds. The summed E-state index contributed by atoms with van der Waals surface area (Å²) in [6, 6.07) is 0. The molecule has 3 unspecified atom stereocenters. The van der Waals surface area contributed by atoms with Crippen molar-refractivity contribution in [3.8, 4) is 0 Å². The fourth-order valence-electron chi connectivity index (χ4n) is 3.09. The van der Waals surface area contributed by atoms with Crippen LogP contribution in [0.3, 0.4) is 0 Å². The van der Waals surface area contributed by atoms with E-state index in [2.05, 4.69) is 13.8 Å². The zero-order valence-electron chi connectivity index (χ0n) is 7.90. The zero-order chi connectivity index (χ0) is 7.90. The van der Waals surface area contributed by atoms with Gasteiger partial charge in [-0.25, -0.2) is 0 Å². The van der Waals surface area contributed by atoms with Gasteiger partial charge in [-0.05, 0) is 30.1 Å². The second-order valence-electron chi connectivity index (χ2n) is 4.88. The van der Waals surface area contributed by atoms with Crippen LogP contribution in [0.2, 0.25) is 0 Å². The van der Waals surface area contributed by atoms with Crippen molar-refractivity contribution in [3.05, 3.63) is 0 Å². The van der Waals surface area contributed by atoms with Crippen LogP contribution in [0.25, 0.3) is 0 Å². The van der Waals surface area contributed by atoms with Crippen molar-refractivity contribution in [2.45, 2.75) is 52.4 Å². The van der Waals surface area contributed by atoms with Gasteiger partial charge in [0.1, 0.15) is 0 Å². The topological polar surface area (TPSA) is 0 Å². The second-order valence-corrected chi connectivity index (χ2v) is 4.88. The molecule has 2 fully saturated rings. The average Bonchev–Trinajstić information content (AvgIpc) is 2.63. The SMILES string of the molecule is CCC1CCCCC2(C)CC12. The molecule has 0 nitrogen and oxygen atoms in total. The zero-order valence-corrected chi connectivity index (χ0v) is 7.90. The molecule has 0 aromatic rings. The summed E-state index contributed by atoms with van der Waals surface area (Å²) >= 11 is 0. The van der Waals surface area contributed by atoms with Gasteiger partial charge in [0.05, 0.1) is 0 Å². The summed E-state index contributed by atoms with van der Waals surface area (Å²) in [5, 5.41) is 0. The number of rotatable bonds is 1. The Bertz CT molecular complexity index is 150. The minimum Gasteiger partial charge on any atom is -0.0651 e. The Hall–Kier alpha value is 0. The maximum atomic E-state index is 2.51. The Morgan fingerprint density at radius 2 is 2.18 bits per heavy atom. The molecule has 64 valence electrons. The Labute approximate surface area is 70.4 Å². The lowest BCUT2D eigenvalue weighted by atomic mass is 9.93. The van der Waals surface area contributed by atoms with Gasteiger partial charge in [-0.1, -0.05) is 39.5 Å². The Morgan fingerprint density at radius 3 is 2.91 bits per heavy atom. The predicted molar refractivity (Wildman–Crippen MR) is 48.5 cm³/mol. The molecule has 2 aliphatic rings. The highest BCUT2D eigenvalue weighted by Gasteiger charge is 2.52. The Balaban J connectivity index is 2.02. The molecule has 2 aliphatic carbocycles. The summed E-state index contributed by atoms with van der Waals surface area (Å²) in [5.74, 6) is 2.21. The van der Waals surface area contributed by atoms with Gasteiger partial charge in [-0.3, -0.25) is 0 Å². The molecule has 0 saturated heterocycles. The first-order chi connectivity index (χ1) is 5.26. The second kappa shape index (κ2) is 2.50. The molecule has 0 aliphatic heterocycles. The molecule has 0 N–H and O–H groups in total. The van der Waals surface area contributed by atoms with E-state index in [9.17, 15) is 0 Å². The van der Waals surface area contributed by atoms with E-state index in [0.29, 0.717) is 0 Å². The molecule has 0 aromatic heterocycles. The third kappa shape index (κ3) is 1.21. The molecule has 0 radical (unpaired) electrons. The lowest BCUT2D eigenvalue weighted by Crippen LogP contribution is -2.04. The van der Waals surface area contributed by atoms with Crippen LogP contribution in [-0.2, 0) is 0 Å². The minimum atomic E-state index is 0.803. The first-order valence-corrected chi connectivity index (χ1v) is 5.26. The summed E-state index contributed by atoms with van der Waals surface area (Å²) in [4.78, 5) is 0. The molecule has 0 heteroatoms. The summed E-state index contributed by atoms with van der Waals surface area (Å²) in [5.41, 5.74) is 0.803. The summed E-state index contributed by atoms with van der Waals surface area (Å²) in [6.07, 6.45) is 9.03. The van der Waals surface area contributed by atoms with Gasteiger partial charge in [0.15, 0.2) is 0 Å². The fourth-order valence-corrected chi connectivity index (χ4v) is 3.09. The standard InChI is InChI=1S/C11H20/c1-3-9-6-4-5-7-11(2)8-10(9)11/h9-10H,3-8H2,1-2H3. The highest BCUT2D eigenvalue weighted by molar-refractivity contribution is 5.02. The molecule has 0 spiro atoms. The molecule has 2 saturated carbocycles. The van der Waals surface area contributed by atoms with Crippen LogP contribution in [-0.4, -0.2) is 0 Å². The van der Waals surface area contributed by atoms with E-state index in [1.165, 1.54) is 32.1 Å². The highest BCUT2D eigenvalue weighted by atomic mass is 14.6. The smallest absolute Gasteiger partial charge is 0.0292 e. The van der Waals surface area contributed by atoms with E-state index >= 15 is 0 Å². The van der Waals surface area contributed by atoms with Crippen LogP contribution in [0, 0.1) is 17.3 Å². The van der Waals surface area contributed by atoms with Crippen molar-refractivity contribution in [2.24, 2.45) is 17.3 Å². The maximum Gasteiger partial charge on any atom is -0.0292 e.